The van der Waals surface area contributed by atoms with Gasteiger partial charge in [0.15, 0.2) is 17.3 Å². The number of para-hydroxylation sites is 4. The highest BCUT2D eigenvalue weighted by molar-refractivity contribution is 9.10. The first-order valence-electron chi connectivity index (χ1n) is 31.8. The molecule has 0 amide bonds. The molecule has 0 bridgehead atoms. The minimum atomic E-state index is -0.416. The van der Waals surface area contributed by atoms with Crippen LogP contribution >= 0.6 is 15.9 Å². The zero-order valence-corrected chi connectivity index (χ0v) is 54.6. The molecular formula is C78H69BBrN10O2+. The molecule has 7 aromatic carbocycles. The molecular weight excluding hydrogens is 1200 g/mol. The van der Waals surface area contributed by atoms with Crippen LogP contribution in [0.25, 0.3) is 95.5 Å². The van der Waals surface area contributed by atoms with Crippen molar-refractivity contribution in [3.63, 3.8) is 0 Å². The second kappa shape index (κ2) is 23.5. The van der Waals surface area contributed by atoms with E-state index in [2.05, 4.69) is 228 Å². The largest absolute Gasteiger partial charge is 0.598 e. The minimum Gasteiger partial charge on any atom is -0.384 e. The molecule has 6 aromatic heterocycles. The number of hydrogen-bond acceptors (Lipinski definition) is 8. The molecule has 0 radical (unpaired) electrons. The maximum atomic E-state index is 6.33. The molecule has 452 valence electrons. The van der Waals surface area contributed by atoms with Crippen molar-refractivity contribution >= 4 is 113 Å². The Balaban J connectivity index is 0.000000115. The van der Waals surface area contributed by atoms with Crippen LogP contribution in [0.15, 0.2) is 190 Å². The number of aromatic nitrogens is 8. The molecule has 9 heterocycles. The number of fused-ring (bicyclic) bond motifs is 10. The van der Waals surface area contributed by atoms with Gasteiger partial charge in [-0.1, -0.05) is 137 Å². The third-order valence-corrected chi connectivity index (χ3v) is 19.0. The number of rotatable bonds is 6. The molecule has 0 unspecified atom stereocenters. The third-order valence-electron chi connectivity index (χ3n) is 18.5. The lowest BCUT2D eigenvalue weighted by Gasteiger charge is -2.32. The standard InChI is InChI=1S/C35H26N4.C20H24BNO2.C19H11BrN5.C4H8/c1-21-11-13-34-26(15-21)27-16-22(2)12-14-35(27)39(34)25-19-32(30-17-23-7-3-5-9-28(23)36-30)38-33(20-25)31-18-24-8-4-6-10-29(24)37-31;1-13-7-9-17-15(11-13)16-12-14(2)8-10-18(16)22(17)21-23-19(3,4)20(5,6)24-21;20-11-9-16(18-22-12-5-1-2-6-13(12)23-18)21-17(10-11)19-24-14-7-3-4-8-15(14)25-19;1-2-4-3-1/h3-16,19-20H,17-18H2,1-2H3;7-12H,1-6H3;1-3,5-10H,(H,22,23)(H,24,25);1-4H2/q;;+1;. The van der Waals surface area contributed by atoms with Gasteiger partial charge in [-0.15, -0.1) is 0 Å². The van der Waals surface area contributed by atoms with E-state index in [0.717, 1.165) is 108 Å². The fourth-order valence-corrected chi connectivity index (χ4v) is 13.0. The number of nitrogens with zero attached hydrogens (tertiary/aromatic N) is 8. The minimum absolute atomic E-state index is 0.351. The highest BCUT2D eigenvalue weighted by Crippen LogP contribution is 2.42. The zero-order valence-electron chi connectivity index (χ0n) is 53.0. The number of hydrogen-bond donors (Lipinski definition) is 2. The normalized spacial score (nSPS) is 15.4. The van der Waals surface area contributed by atoms with Gasteiger partial charge >= 0.3 is 7.25 Å². The third kappa shape index (κ3) is 11.1. The summed E-state index contributed by atoms with van der Waals surface area (Å²) in [6, 6.07) is 59.6. The van der Waals surface area contributed by atoms with Crippen LogP contribution in [0.4, 0.5) is 11.4 Å². The molecule has 12 nitrogen and oxygen atoms in total. The second-order valence-electron chi connectivity index (χ2n) is 25.8. The van der Waals surface area contributed by atoms with Gasteiger partial charge in [0.25, 0.3) is 0 Å². The number of halogens is 1. The number of pyridine rings is 2. The first-order chi connectivity index (χ1) is 44.6. The van der Waals surface area contributed by atoms with Crippen molar-refractivity contribution in [3.05, 3.63) is 243 Å². The summed E-state index contributed by atoms with van der Waals surface area (Å²) in [4.78, 5) is 35.8. The van der Waals surface area contributed by atoms with Crippen LogP contribution in [-0.2, 0) is 22.2 Å². The van der Waals surface area contributed by atoms with Gasteiger partial charge in [0.2, 0.25) is 5.69 Å². The maximum Gasteiger partial charge on any atom is 0.598 e. The first-order valence-corrected chi connectivity index (χ1v) is 32.6. The highest BCUT2D eigenvalue weighted by atomic mass is 79.9. The molecule has 13 aromatic rings. The summed E-state index contributed by atoms with van der Waals surface area (Å²) in [5.41, 5.74) is 23.7. The SMILES string of the molecule is Brc1cc(-c2nc3c([nH]2)C=C[C+]=C3)nc(-c2nc3ccccc3[nH]2)c1.C1CCC1.Cc1ccc2c(c1)c1cc(C)ccc1n2-c1cc(C2=Nc3ccccc3C2)nc(C2=Nc3ccccc3C2)c1.Cc1ccc2c(c1)c1cc(C)ccc1n2B1OC(C)(C)C(C)(C)O1. The van der Waals surface area contributed by atoms with Crippen LogP contribution in [0.1, 0.15) is 110 Å². The summed E-state index contributed by atoms with van der Waals surface area (Å²) in [6.07, 6.45) is 16.3. The van der Waals surface area contributed by atoms with Crippen LogP contribution in [0, 0.1) is 33.8 Å². The predicted octanol–water partition coefficient (Wildman–Crippen LogP) is 19.2. The van der Waals surface area contributed by atoms with E-state index in [0.29, 0.717) is 5.82 Å². The Morgan fingerprint density at radius 3 is 1.47 bits per heavy atom. The number of aryl methyl sites for hydroxylation is 4. The fraction of sp³-hybridized carbons (Fsp3) is 0.205. The summed E-state index contributed by atoms with van der Waals surface area (Å²) in [6.45, 7) is 17.0. The van der Waals surface area contributed by atoms with Crippen molar-refractivity contribution in [3.8, 4) is 28.7 Å². The van der Waals surface area contributed by atoms with Crippen molar-refractivity contribution in [1.29, 1.82) is 0 Å². The lowest BCUT2D eigenvalue weighted by Crippen LogP contribution is -2.41. The molecule has 2 aliphatic carbocycles. The van der Waals surface area contributed by atoms with Gasteiger partial charge in [-0.3, -0.25) is 9.98 Å². The summed E-state index contributed by atoms with van der Waals surface area (Å²) < 4.78 is 18.1. The van der Waals surface area contributed by atoms with Crippen LogP contribution in [-0.4, -0.2) is 68.8 Å². The monoisotopic (exact) mass is 1270 g/mol. The molecule has 0 spiro atoms. The molecule has 1 saturated heterocycles. The van der Waals surface area contributed by atoms with Gasteiger partial charge in [0.1, 0.15) is 23.5 Å². The molecule has 0 atom stereocenters. The van der Waals surface area contributed by atoms with Crippen LogP contribution in [0.2, 0.25) is 0 Å². The molecule has 2 fully saturated rings. The Labute approximate surface area is 544 Å². The summed E-state index contributed by atoms with van der Waals surface area (Å²) in [7, 11) is -0.416. The van der Waals surface area contributed by atoms with E-state index in [1.54, 1.807) is 0 Å². The Morgan fingerprint density at radius 2 is 0.967 bits per heavy atom. The molecule has 2 N–H and O–H groups in total. The van der Waals surface area contributed by atoms with Crippen molar-refractivity contribution in [2.45, 2.75) is 105 Å². The van der Waals surface area contributed by atoms with E-state index in [9.17, 15) is 0 Å². The Kier molecular flexibility index (Phi) is 15.0. The number of benzene rings is 7. The lowest BCUT2D eigenvalue weighted by molar-refractivity contribution is 0.00578. The number of nitrogens with one attached hydrogen (secondary N) is 2. The smallest absolute Gasteiger partial charge is 0.384 e. The average Bonchev–Trinajstić information content (AvgIpc) is 1.60. The molecule has 14 heteroatoms. The lowest BCUT2D eigenvalue weighted by atomic mass is 9.90. The quantitative estimate of drug-likeness (QED) is 0.126. The number of aliphatic imine (C=N–C) groups is 2. The van der Waals surface area contributed by atoms with E-state index in [1.165, 1.54) is 91.6 Å². The van der Waals surface area contributed by atoms with Crippen LogP contribution < -0.4 is 0 Å². The number of aromatic amines is 2. The van der Waals surface area contributed by atoms with E-state index < -0.39 is 7.25 Å². The molecule has 1 saturated carbocycles. The molecule has 3 aliphatic heterocycles. The number of allylic oxidation sites excluding steroid dienone is 2. The van der Waals surface area contributed by atoms with Gasteiger partial charge in [0.05, 0.1) is 79.2 Å². The highest BCUT2D eigenvalue weighted by Gasteiger charge is 2.53. The average molecular weight is 1270 g/mol. The topological polar surface area (TPSA) is 136 Å². The van der Waals surface area contributed by atoms with E-state index in [1.807, 2.05) is 66.8 Å². The number of H-pyrrole nitrogens is 2. The van der Waals surface area contributed by atoms with E-state index in [4.69, 9.17) is 29.3 Å². The molecule has 92 heavy (non-hydrogen) atoms. The van der Waals surface area contributed by atoms with Gasteiger partial charge in [-0.05, 0) is 164 Å². The summed E-state index contributed by atoms with van der Waals surface area (Å²) in [5.74, 6) is 1.45. The van der Waals surface area contributed by atoms with Crippen molar-refractivity contribution in [1.82, 2.24) is 38.9 Å². The Morgan fingerprint density at radius 1 is 0.500 bits per heavy atom. The van der Waals surface area contributed by atoms with Gasteiger partial charge in [-0.25, -0.2) is 15.0 Å². The first kappa shape index (κ1) is 58.7. The van der Waals surface area contributed by atoms with E-state index in [-0.39, 0.29) is 11.2 Å². The van der Waals surface area contributed by atoms with E-state index >= 15 is 0 Å². The van der Waals surface area contributed by atoms with Crippen molar-refractivity contribution < 1.29 is 9.31 Å². The van der Waals surface area contributed by atoms with Gasteiger partial charge in [0, 0.05) is 56.0 Å². The zero-order chi connectivity index (χ0) is 63.0. The Bertz CT molecular complexity index is 4940. The van der Waals surface area contributed by atoms with Gasteiger partial charge < -0.3 is 28.3 Å². The van der Waals surface area contributed by atoms with Crippen LogP contribution in [0.3, 0.4) is 0 Å². The van der Waals surface area contributed by atoms with Gasteiger partial charge in [-0.2, -0.15) is 4.98 Å². The molecule has 5 aliphatic rings. The summed E-state index contributed by atoms with van der Waals surface area (Å²) in [5, 5.41) is 5.04. The molecule has 18 rings (SSSR count). The van der Waals surface area contributed by atoms with Crippen molar-refractivity contribution in [2.75, 3.05) is 0 Å². The summed E-state index contributed by atoms with van der Waals surface area (Å²) >= 11 is 3.57. The van der Waals surface area contributed by atoms with Crippen LogP contribution in [0.5, 0.6) is 0 Å². The number of imidazole rings is 2. The fourth-order valence-electron chi connectivity index (χ4n) is 12.5. The predicted molar refractivity (Wildman–Crippen MR) is 381 cm³/mol. The second-order valence-corrected chi connectivity index (χ2v) is 26.7. The Hall–Kier alpha value is -9.69. The van der Waals surface area contributed by atoms with Crippen molar-refractivity contribution in [2.24, 2.45) is 9.98 Å². The maximum absolute atomic E-state index is 6.33.